The predicted molar refractivity (Wildman–Crippen MR) is 85.5 cm³/mol. The number of halogens is 3. The van der Waals surface area contributed by atoms with Crippen molar-refractivity contribution in [1.82, 2.24) is 15.2 Å². The van der Waals surface area contributed by atoms with Crippen LogP contribution in [0.3, 0.4) is 0 Å². The number of hydrogen-bond acceptors (Lipinski definition) is 5. The highest BCUT2D eigenvalue weighted by Crippen LogP contribution is 2.40. The number of benzene rings is 1. The second-order valence-corrected chi connectivity index (χ2v) is 5.84. The first kappa shape index (κ1) is 17.9. The lowest BCUT2D eigenvalue weighted by Crippen LogP contribution is -2.56. The van der Waals surface area contributed by atoms with Gasteiger partial charge >= 0.3 is 6.18 Å². The number of aromatic nitrogens is 2. The highest BCUT2D eigenvalue weighted by molar-refractivity contribution is 5.97. The number of H-pyrrole nitrogens is 1. The summed E-state index contributed by atoms with van der Waals surface area (Å²) < 4.78 is 44.8. The number of hydrogen-bond donors (Lipinski definition) is 2. The van der Waals surface area contributed by atoms with E-state index in [2.05, 4.69) is 15.3 Å². The zero-order valence-corrected chi connectivity index (χ0v) is 13.8. The topological polar surface area (TPSA) is 90.8 Å². The van der Waals surface area contributed by atoms with Crippen molar-refractivity contribution >= 4 is 11.6 Å². The SMILES string of the molecule is COc1cccc(-c2cc(C(=O)N3N=C(C)CC3(O)C(F)(F)F)[nH]n2)c1. The van der Waals surface area contributed by atoms with E-state index in [0.717, 1.165) is 0 Å². The second kappa shape index (κ2) is 6.13. The zero-order valence-electron chi connectivity index (χ0n) is 13.8. The van der Waals surface area contributed by atoms with E-state index in [4.69, 9.17) is 4.74 Å². The van der Waals surface area contributed by atoms with Crippen molar-refractivity contribution in [2.45, 2.75) is 25.2 Å². The number of amides is 1. The average Bonchev–Trinajstić information content (AvgIpc) is 3.19. The average molecular weight is 368 g/mol. The van der Waals surface area contributed by atoms with E-state index in [1.54, 1.807) is 24.3 Å². The molecule has 2 N–H and O–H groups in total. The van der Waals surface area contributed by atoms with Gasteiger partial charge < -0.3 is 9.84 Å². The number of carbonyl (C=O) groups excluding carboxylic acids is 1. The van der Waals surface area contributed by atoms with Gasteiger partial charge in [-0.15, -0.1) is 0 Å². The summed E-state index contributed by atoms with van der Waals surface area (Å²) in [5.74, 6) is -0.576. The molecule has 3 rings (SSSR count). The Balaban J connectivity index is 1.92. The van der Waals surface area contributed by atoms with Gasteiger partial charge in [-0.1, -0.05) is 12.1 Å². The Morgan fingerprint density at radius 1 is 1.38 bits per heavy atom. The molecule has 2 aromatic rings. The number of nitrogens with one attached hydrogen (secondary N) is 1. The number of aromatic amines is 1. The summed E-state index contributed by atoms with van der Waals surface area (Å²) in [5.41, 5.74) is -2.68. The molecule has 1 aromatic heterocycles. The molecule has 0 saturated heterocycles. The van der Waals surface area contributed by atoms with Crippen LogP contribution >= 0.6 is 0 Å². The maximum atomic E-state index is 13.2. The van der Waals surface area contributed by atoms with Gasteiger partial charge in [0.25, 0.3) is 11.6 Å². The van der Waals surface area contributed by atoms with E-state index in [9.17, 15) is 23.1 Å². The Hall–Kier alpha value is -2.88. The molecule has 1 aliphatic rings. The van der Waals surface area contributed by atoms with Crippen molar-refractivity contribution in [2.75, 3.05) is 7.11 Å². The van der Waals surface area contributed by atoms with E-state index >= 15 is 0 Å². The van der Waals surface area contributed by atoms with Gasteiger partial charge in [-0.2, -0.15) is 28.4 Å². The summed E-state index contributed by atoms with van der Waals surface area (Å²) in [6.45, 7) is 1.30. The Morgan fingerprint density at radius 2 is 2.12 bits per heavy atom. The summed E-state index contributed by atoms with van der Waals surface area (Å²) in [5, 5.41) is 19.9. The number of aliphatic hydroxyl groups is 1. The van der Waals surface area contributed by atoms with Crippen LogP contribution in [-0.2, 0) is 0 Å². The molecule has 0 radical (unpaired) electrons. The fourth-order valence-electron chi connectivity index (χ4n) is 2.63. The number of methoxy groups -OCH3 is 1. The molecule has 10 heteroatoms. The molecule has 1 aromatic carbocycles. The van der Waals surface area contributed by atoms with Crippen LogP contribution in [0, 0.1) is 0 Å². The van der Waals surface area contributed by atoms with E-state index in [1.165, 1.54) is 20.1 Å². The predicted octanol–water partition coefficient (Wildman–Crippen LogP) is 2.56. The number of carbonyl (C=O) groups is 1. The lowest BCUT2D eigenvalue weighted by atomic mass is 10.1. The minimum atomic E-state index is -5.06. The maximum absolute atomic E-state index is 13.2. The summed E-state index contributed by atoms with van der Waals surface area (Å²) in [6.07, 6.45) is -5.86. The van der Waals surface area contributed by atoms with Crippen LogP contribution in [0.4, 0.5) is 13.2 Å². The Bertz CT molecular complexity index is 878. The van der Waals surface area contributed by atoms with E-state index < -0.39 is 24.2 Å². The third-order valence-electron chi connectivity index (χ3n) is 3.94. The molecule has 0 aliphatic carbocycles. The van der Waals surface area contributed by atoms with Crippen LogP contribution in [0.1, 0.15) is 23.8 Å². The minimum Gasteiger partial charge on any atom is -0.497 e. The van der Waals surface area contributed by atoms with Gasteiger partial charge in [0.2, 0.25) is 0 Å². The molecule has 7 nitrogen and oxygen atoms in total. The van der Waals surface area contributed by atoms with Gasteiger partial charge in [-0.3, -0.25) is 9.89 Å². The zero-order chi connectivity index (χ0) is 19.1. The lowest BCUT2D eigenvalue weighted by molar-refractivity contribution is -0.297. The standard InChI is InChI=1S/C16H15F3N4O3/c1-9-8-15(25,16(17,18)19)23(22-9)14(24)13-7-12(20-21-13)10-4-3-5-11(6-10)26-2/h3-7,25H,8H2,1-2H3,(H,20,21). The van der Waals surface area contributed by atoms with Gasteiger partial charge in [-0.25, -0.2) is 0 Å². The largest absolute Gasteiger partial charge is 0.497 e. The van der Waals surface area contributed by atoms with E-state index in [-0.39, 0.29) is 16.4 Å². The van der Waals surface area contributed by atoms with Crippen LogP contribution in [0.5, 0.6) is 5.75 Å². The lowest BCUT2D eigenvalue weighted by Gasteiger charge is -2.32. The first-order chi connectivity index (χ1) is 12.2. The van der Waals surface area contributed by atoms with Crippen molar-refractivity contribution in [3.8, 4) is 17.0 Å². The molecule has 0 saturated carbocycles. The number of rotatable bonds is 3. The molecule has 1 unspecified atom stereocenters. The number of alkyl halides is 3. The number of hydrazone groups is 1. The van der Waals surface area contributed by atoms with Crippen LogP contribution in [0.2, 0.25) is 0 Å². The Labute approximate surface area is 146 Å². The first-order valence-corrected chi connectivity index (χ1v) is 7.53. The fourth-order valence-corrected chi connectivity index (χ4v) is 2.63. The summed E-state index contributed by atoms with van der Waals surface area (Å²) in [6, 6.07) is 8.08. The van der Waals surface area contributed by atoms with Crippen LogP contribution in [0.25, 0.3) is 11.3 Å². The molecule has 2 heterocycles. The molecule has 0 fully saturated rings. The van der Waals surface area contributed by atoms with Crippen molar-refractivity contribution in [3.63, 3.8) is 0 Å². The third-order valence-corrected chi connectivity index (χ3v) is 3.94. The van der Waals surface area contributed by atoms with Crippen molar-refractivity contribution < 1.29 is 27.8 Å². The van der Waals surface area contributed by atoms with Crippen LogP contribution in [-0.4, -0.2) is 50.9 Å². The van der Waals surface area contributed by atoms with Gasteiger partial charge in [-0.05, 0) is 25.1 Å². The monoisotopic (exact) mass is 368 g/mol. The number of ether oxygens (including phenoxy) is 1. The molecule has 138 valence electrons. The van der Waals surface area contributed by atoms with Gasteiger partial charge in [0.15, 0.2) is 0 Å². The highest BCUT2D eigenvalue weighted by Gasteiger charge is 2.62. The minimum absolute atomic E-state index is 0.00860. The molecule has 0 spiro atoms. The van der Waals surface area contributed by atoms with Gasteiger partial charge in [0.1, 0.15) is 11.4 Å². The van der Waals surface area contributed by atoms with Gasteiger partial charge in [0.05, 0.1) is 12.8 Å². The highest BCUT2D eigenvalue weighted by atomic mass is 19.4. The molecule has 0 bridgehead atoms. The summed E-state index contributed by atoms with van der Waals surface area (Å²) in [4.78, 5) is 12.5. The van der Waals surface area contributed by atoms with Crippen LogP contribution in [0.15, 0.2) is 35.4 Å². The third kappa shape index (κ3) is 2.92. The molecule has 26 heavy (non-hydrogen) atoms. The van der Waals surface area contributed by atoms with E-state index in [1.807, 2.05) is 0 Å². The molecule has 1 aliphatic heterocycles. The van der Waals surface area contributed by atoms with Crippen molar-refractivity contribution in [1.29, 1.82) is 0 Å². The van der Waals surface area contributed by atoms with E-state index in [0.29, 0.717) is 17.0 Å². The molecule has 1 amide bonds. The normalized spacial score (nSPS) is 20.2. The Kier molecular flexibility index (Phi) is 4.23. The molecular weight excluding hydrogens is 353 g/mol. The van der Waals surface area contributed by atoms with Crippen LogP contribution < -0.4 is 4.74 Å². The smallest absolute Gasteiger partial charge is 0.438 e. The quantitative estimate of drug-likeness (QED) is 0.871. The van der Waals surface area contributed by atoms with Gasteiger partial charge in [0, 0.05) is 17.7 Å². The second-order valence-electron chi connectivity index (χ2n) is 5.84. The Morgan fingerprint density at radius 3 is 2.77 bits per heavy atom. The molecular formula is C16H15F3N4O3. The van der Waals surface area contributed by atoms with Crippen molar-refractivity contribution in [2.24, 2.45) is 5.10 Å². The summed E-state index contributed by atoms with van der Waals surface area (Å²) in [7, 11) is 1.49. The fraction of sp³-hybridized carbons (Fsp3) is 0.312. The van der Waals surface area contributed by atoms with Crippen molar-refractivity contribution in [3.05, 3.63) is 36.0 Å². The first-order valence-electron chi connectivity index (χ1n) is 7.53. The summed E-state index contributed by atoms with van der Waals surface area (Å²) >= 11 is 0. The molecule has 1 atom stereocenters. The number of nitrogens with zero attached hydrogens (tertiary/aromatic N) is 3. The maximum Gasteiger partial charge on any atom is 0.438 e.